The van der Waals surface area contributed by atoms with Crippen LogP contribution in [0.5, 0.6) is 0 Å². The lowest BCUT2D eigenvalue weighted by Crippen LogP contribution is -2.33. The molecule has 0 saturated heterocycles. The molecule has 1 aromatic heterocycles. The molecule has 1 atom stereocenters. The van der Waals surface area contributed by atoms with E-state index in [-0.39, 0.29) is 11.8 Å². The Bertz CT molecular complexity index is 931. The average Bonchev–Trinajstić information content (AvgIpc) is 3.04. The van der Waals surface area contributed by atoms with E-state index >= 15 is 0 Å². The molecule has 2 N–H and O–H groups in total. The second-order valence-electron chi connectivity index (χ2n) is 7.38. The number of benzene rings is 1. The third-order valence-electron chi connectivity index (χ3n) is 5.57. The van der Waals surface area contributed by atoms with Crippen molar-refractivity contribution < 1.29 is 4.79 Å². The molecular weight excluding hydrogens is 425 g/mol. The van der Waals surface area contributed by atoms with Crippen molar-refractivity contribution in [2.75, 3.05) is 5.32 Å². The number of halogens is 2. The molecule has 1 amide bonds. The van der Waals surface area contributed by atoms with Crippen molar-refractivity contribution in [2.45, 2.75) is 58.5 Å². The smallest absolute Gasteiger partial charge is 0.228 e. The zero-order valence-electron chi connectivity index (χ0n) is 16.6. The quantitative estimate of drug-likeness (QED) is 0.548. The van der Waals surface area contributed by atoms with Crippen LogP contribution in [0.25, 0.3) is 0 Å². The molecule has 2 aromatic rings. The molecule has 0 spiro atoms. The van der Waals surface area contributed by atoms with Crippen LogP contribution in [0.15, 0.2) is 18.2 Å². The van der Waals surface area contributed by atoms with Crippen molar-refractivity contribution in [2.24, 2.45) is 5.92 Å². The maximum atomic E-state index is 12.5. The molecule has 0 fully saturated rings. The SMILES string of the molecule is CCC(CC)C(=O)Nc1sc2c(c1C#N)CCC(NCc1ccc(Cl)cc1Cl)C2. The van der Waals surface area contributed by atoms with Crippen LogP contribution in [0.1, 0.15) is 54.7 Å². The summed E-state index contributed by atoms with van der Waals surface area (Å²) in [5, 5.41) is 18.2. The number of fused-ring (bicyclic) bond motifs is 1. The van der Waals surface area contributed by atoms with Crippen LogP contribution in [0.3, 0.4) is 0 Å². The number of nitriles is 1. The second-order valence-corrected chi connectivity index (χ2v) is 9.33. The highest BCUT2D eigenvalue weighted by molar-refractivity contribution is 7.16. The topological polar surface area (TPSA) is 64.9 Å². The molecule has 1 heterocycles. The van der Waals surface area contributed by atoms with Gasteiger partial charge in [-0.2, -0.15) is 5.26 Å². The number of thiophene rings is 1. The molecule has 154 valence electrons. The fourth-order valence-corrected chi connectivity index (χ4v) is 5.52. The summed E-state index contributed by atoms with van der Waals surface area (Å²) in [6.07, 6.45) is 4.23. The Labute approximate surface area is 186 Å². The number of hydrogen-bond acceptors (Lipinski definition) is 4. The van der Waals surface area contributed by atoms with E-state index in [2.05, 4.69) is 16.7 Å². The summed E-state index contributed by atoms with van der Waals surface area (Å²) in [5.74, 6) is -0.00337. The molecule has 0 aliphatic heterocycles. The third-order valence-corrected chi connectivity index (χ3v) is 7.32. The molecule has 0 saturated carbocycles. The number of anilines is 1. The van der Waals surface area contributed by atoms with Crippen LogP contribution in [-0.4, -0.2) is 11.9 Å². The van der Waals surface area contributed by atoms with Crippen molar-refractivity contribution in [3.05, 3.63) is 49.8 Å². The Hall–Kier alpha value is -1.58. The van der Waals surface area contributed by atoms with Gasteiger partial charge in [-0.1, -0.05) is 43.1 Å². The minimum Gasteiger partial charge on any atom is -0.316 e. The number of carbonyl (C=O) groups excluding carboxylic acids is 1. The van der Waals surface area contributed by atoms with Crippen molar-refractivity contribution in [3.63, 3.8) is 0 Å². The van der Waals surface area contributed by atoms with E-state index in [4.69, 9.17) is 23.2 Å². The highest BCUT2D eigenvalue weighted by Gasteiger charge is 2.27. The van der Waals surface area contributed by atoms with Crippen LogP contribution in [0.4, 0.5) is 5.00 Å². The third kappa shape index (κ3) is 5.13. The van der Waals surface area contributed by atoms with Gasteiger partial charge < -0.3 is 10.6 Å². The summed E-state index contributed by atoms with van der Waals surface area (Å²) < 4.78 is 0. The highest BCUT2D eigenvalue weighted by Crippen LogP contribution is 2.38. The predicted octanol–water partition coefficient (Wildman–Crippen LogP) is 5.95. The summed E-state index contributed by atoms with van der Waals surface area (Å²) >= 11 is 13.8. The van der Waals surface area contributed by atoms with E-state index in [0.717, 1.165) is 43.2 Å². The molecule has 29 heavy (non-hydrogen) atoms. The van der Waals surface area contributed by atoms with Crippen LogP contribution >= 0.6 is 34.5 Å². The lowest BCUT2D eigenvalue weighted by molar-refractivity contribution is -0.120. The molecule has 0 bridgehead atoms. The molecule has 0 radical (unpaired) electrons. The lowest BCUT2D eigenvalue weighted by atomic mass is 9.92. The van der Waals surface area contributed by atoms with Gasteiger partial charge in [-0.15, -0.1) is 11.3 Å². The Morgan fingerprint density at radius 2 is 2.10 bits per heavy atom. The fourth-order valence-electron chi connectivity index (χ4n) is 3.76. The van der Waals surface area contributed by atoms with E-state index in [9.17, 15) is 10.1 Å². The Kier molecular flexibility index (Phi) is 7.59. The standard InChI is InChI=1S/C22H25Cl2N3OS/c1-3-13(4-2)21(28)27-22-18(11-25)17-8-7-16(10-20(17)29-22)26-12-14-5-6-15(23)9-19(14)24/h5-6,9,13,16,26H,3-4,7-8,10,12H2,1-2H3,(H,27,28). The summed E-state index contributed by atoms with van der Waals surface area (Å²) in [6, 6.07) is 8.16. The van der Waals surface area contributed by atoms with Gasteiger partial charge in [0.1, 0.15) is 11.1 Å². The van der Waals surface area contributed by atoms with Gasteiger partial charge in [0.05, 0.1) is 5.56 Å². The van der Waals surface area contributed by atoms with Crippen molar-refractivity contribution in [1.82, 2.24) is 5.32 Å². The predicted molar refractivity (Wildman–Crippen MR) is 121 cm³/mol. The molecule has 1 aromatic carbocycles. The minimum atomic E-state index is -0.0146. The van der Waals surface area contributed by atoms with Gasteiger partial charge in [0, 0.05) is 33.4 Å². The average molecular weight is 450 g/mol. The second kappa shape index (κ2) is 9.95. The van der Waals surface area contributed by atoms with Gasteiger partial charge in [0.2, 0.25) is 5.91 Å². The normalized spacial score (nSPS) is 15.8. The van der Waals surface area contributed by atoms with Crippen LogP contribution in [-0.2, 0) is 24.2 Å². The van der Waals surface area contributed by atoms with E-state index in [1.807, 2.05) is 26.0 Å². The number of rotatable bonds is 7. The zero-order chi connectivity index (χ0) is 21.0. The van der Waals surface area contributed by atoms with E-state index in [0.29, 0.717) is 33.2 Å². The summed E-state index contributed by atoms with van der Waals surface area (Å²) in [5.41, 5.74) is 2.76. The molecule has 1 aliphatic carbocycles. The molecule has 1 aliphatic rings. The fraction of sp³-hybridized carbons (Fsp3) is 0.455. The van der Waals surface area contributed by atoms with E-state index < -0.39 is 0 Å². The highest BCUT2D eigenvalue weighted by atomic mass is 35.5. The van der Waals surface area contributed by atoms with Gasteiger partial charge in [0.25, 0.3) is 0 Å². The minimum absolute atomic E-state index is 0.0113. The number of nitrogens with zero attached hydrogens (tertiary/aromatic N) is 1. The molecule has 7 heteroatoms. The number of nitrogens with one attached hydrogen (secondary N) is 2. The summed E-state index contributed by atoms with van der Waals surface area (Å²) in [4.78, 5) is 13.7. The molecule has 1 unspecified atom stereocenters. The van der Waals surface area contributed by atoms with Gasteiger partial charge in [-0.3, -0.25) is 4.79 Å². The first-order valence-corrected chi connectivity index (χ1v) is 11.6. The first-order valence-electron chi connectivity index (χ1n) is 9.99. The Balaban J connectivity index is 1.69. The maximum absolute atomic E-state index is 12.5. The number of amides is 1. The van der Waals surface area contributed by atoms with Crippen LogP contribution in [0, 0.1) is 17.2 Å². The summed E-state index contributed by atoms with van der Waals surface area (Å²) in [6.45, 7) is 4.70. The Morgan fingerprint density at radius 3 is 2.76 bits per heavy atom. The molecule has 4 nitrogen and oxygen atoms in total. The summed E-state index contributed by atoms with van der Waals surface area (Å²) in [7, 11) is 0. The lowest BCUT2D eigenvalue weighted by Gasteiger charge is -2.23. The molecule has 3 rings (SSSR count). The number of hydrogen-bond donors (Lipinski definition) is 2. The van der Waals surface area contributed by atoms with Gasteiger partial charge in [0.15, 0.2) is 0 Å². The maximum Gasteiger partial charge on any atom is 0.228 e. The van der Waals surface area contributed by atoms with Crippen molar-refractivity contribution in [1.29, 1.82) is 5.26 Å². The van der Waals surface area contributed by atoms with Crippen molar-refractivity contribution >= 4 is 45.4 Å². The molecular formula is C22H25Cl2N3OS. The van der Waals surface area contributed by atoms with Gasteiger partial charge in [-0.25, -0.2) is 0 Å². The van der Waals surface area contributed by atoms with E-state index in [1.165, 1.54) is 4.88 Å². The van der Waals surface area contributed by atoms with Crippen molar-refractivity contribution in [3.8, 4) is 6.07 Å². The largest absolute Gasteiger partial charge is 0.316 e. The zero-order valence-corrected chi connectivity index (χ0v) is 19.0. The first kappa shape index (κ1) is 22.1. The monoisotopic (exact) mass is 449 g/mol. The van der Waals surface area contributed by atoms with E-state index in [1.54, 1.807) is 17.4 Å². The van der Waals surface area contributed by atoms with Crippen LogP contribution < -0.4 is 10.6 Å². The first-order chi connectivity index (χ1) is 14.0. The number of carbonyl (C=O) groups is 1. The van der Waals surface area contributed by atoms with Crippen LogP contribution in [0.2, 0.25) is 10.0 Å². The van der Waals surface area contributed by atoms with Gasteiger partial charge in [-0.05, 0) is 55.4 Å². The van der Waals surface area contributed by atoms with Gasteiger partial charge >= 0.3 is 0 Å². The Morgan fingerprint density at radius 1 is 1.34 bits per heavy atom.